The van der Waals surface area contributed by atoms with Crippen molar-refractivity contribution in [2.24, 2.45) is 11.5 Å². The summed E-state index contributed by atoms with van der Waals surface area (Å²) in [6.07, 6.45) is -9.15. The van der Waals surface area contributed by atoms with E-state index < -0.39 is 54.7 Å². The summed E-state index contributed by atoms with van der Waals surface area (Å²) in [5, 5.41) is 55.4. The van der Waals surface area contributed by atoms with Crippen molar-refractivity contribution in [3.63, 3.8) is 0 Å². The molecule has 0 heterocycles. The minimum atomic E-state index is -2.30. The molecule has 22 heavy (non-hydrogen) atoms. The average molecular weight is 324 g/mol. The summed E-state index contributed by atoms with van der Waals surface area (Å²) in [5.74, 6) is -2.63. The highest BCUT2D eigenvalue weighted by Gasteiger charge is 2.38. The van der Waals surface area contributed by atoms with Crippen molar-refractivity contribution in [3.05, 3.63) is 0 Å². The van der Waals surface area contributed by atoms with E-state index in [9.17, 15) is 30.0 Å². The number of nitrogens with two attached hydrogens (primary N) is 2. The molecule has 10 nitrogen and oxygen atoms in total. The van der Waals surface area contributed by atoms with Crippen molar-refractivity contribution in [1.82, 2.24) is 0 Å². The summed E-state index contributed by atoms with van der Waals surface area (Å²) in [7, 11) is 0. The predicted molar refractivity (Wildman–Crippen MR) is 73.4 cm³/mol. The van der Waals surface area contributed by atoms with Gasteiger partial charge in [0.25, 0.3) is 0 Å². The van der Waals surface area contributed by atoms with Crippen LogP contribution in [-0.2, 0) is 9.59 Å². The second-order valence-corrected chi connectivity index (χ2v) is 4.98. The standard InChI is InChI=1S/C12H24N2O8/c13-3-5(16)1-2-6(14)8(18)10(20)12(22)11(21)9(19)7(17)4-15/h5-7,9,11-12,15-17,19,21-22H,1-4,13-14H2/t5-,6+,7-,9+,11+,12+/m1/s1. The third kappa shape index (κ3) is 6.02. The minimum Gasteiger partial charge on any atom is -0.394 e. The number of aliphatic hydroxyl groups excluding tert-OH is 6. The highest BCUT2D eigenvalue weighted by molar-refractivity contribution is 6.40. The Bertz CT molecular complexity index is 367. The Morgan fingerprint density at radius 2 is 1.45 bits per heavy atom. The van der Waals surface area contributed by atoms with Crippen LogP contribution in [0.25, 0.3) is 0 Å². The monoisotopic (exact) mass is 324 g/mol. The molecule has 0 spiro atoms. The van der Waals surface area contributed by atoms with Gasteiger partial charge in [0.1, 0.15) is 24.4 Å². The number of rotatable bonds is 11. The van der Waals surface area contributed by atoms with Crippen LogP contribution in [-0.4, -0.2) is 91.9 Å². The summed E-state index contributed by atoms with van der Waals surface area (Å²) < 4.78 is 0. The Labute approximate surface area is 127 Å². The number of carbonyl (C=O) groups excluding carboxylic acids is 2. The van der Waals surface area contributed by atoms with Crippen LogP contribution >= 0.6 is 0 Å². The smallest absolute Gasteiger partial charge is 0.231 e. The van der Waals surface area contributed by atoms with Gasteiger partial charge >= 0.3 is 0 Å². The lowest BCUT2D eigenvalue weighted by molar-refractivity contribution is -0.154. The summed E-state index contributed by atoms with van der Waals surface area (Å²) in [6.45, 7) is -0.953. The highest BCUT2D eigenvalue weighted by Crippen LogP contribution is 2.09. The van der Waals surface area contributed by atoms with Crippen molar-refractivity contribution in [1.29, 1.82) is 0 Å². The predicted octanol–water partition coefficient (Wildman–Crippen LogP) is -5.01. The SMILES string of the molecule is NC[C@H](O)CC[C@H](N)C(=O)C(=O)[C@H](O)[C@@H](O)[C@@H](O)[C@H](O)CO. The van der Waals surface area contributed by atoms with E-state index in [1.165, 1.54) is 0 Å². The van der Waals surface area contributed by atoms with E-state index in [0.717, 1.165) is 0 Å². The van der Waals surface area contributed by atoms with E-state index in [1.807, 2.05) is 0 Å². The van der Waals surface area contributed by atoms with Crippen molar-refractivity contribution in [3.8, 4) is 0 Å². The first-order valence-electron chi connectivity index (χ1n) is 6.72. The number of ketones is 2. The van der Waals surface area contributed by atoms with Crippen LogP contribution in [0.4, 0.5) is 0 Å². The molecule has 0 aliphatic carbocycles. The van der Waals surface area contributed by atoms with Gasteiger partial charge in [-0.25, -0.2) is 0 Å². The molecule has 0 amide bonds. The molecule has 10 N–H and O–H groups in total. The molecule has 0 aromatic rings. The molecular formula is C12H24N2O8. The molecule has 0 unspecified atom stereocenters. The first-order valence-corrected chi connectivity index (χ1v) is 6.72. The fourth-order valence-corrected chi connectivity index (χ4v) is 1.63. The van der Waals surface area contributed by atoms with Crippen molar-refractivity contribution < 1.29 is 40.2 Å². The van der Waals surface area contributed by atoms with Crippen LogP contribution in [0.1, 0.15) is 12.8 Å². The van der Waals surface area contributed by atoms with Crippen LogP contribution in [0, 0.1) is 0 Å². The van der Waals surface area contributed by atoms with Gasteiger partial charge in [0.2, 0.25) is 11.6 Å². The van der Waals surface area contributed by atoms with Gasteiger partial charge in [-0.15, -0.1) is 0 Å². The maximum absolute atomic E-state index is 11.7. The topological polar surface area (TPSA) is 208 Å². The van der Waals surface area contributed by atoms with E-state index in [0.29, 0.717) is 0 Å². The number of hydrogen-bond acceptors (Lipinski definition) is 10. The molecule has 0 fully saturated rings. The quantitative estimate of drug-likeness (QED) is 0.170. The van der Waals surface area contributed by atoms with Crippen LogP contribution < -0.4 is 11.5 Å². The summed E-state index contributed by atoms with van der Waals surface area (Å²) in [6, 6.07) is -1.31. The molecule has 6 atom stereocenters. The second kappa shape index (κ2) is 9.92. The molecule has 0 radical (unpaired) electrons. The molecule has 0 saturated carbocycles. The van der Waals surface area contributed by atoms with Crippen LogP contribution in [0.15, 0.2) is 0 Å². The van der Waals surface area contributed by atoms with Gasteiger partial charge in [-0.05, 0) is 12.8 Å². The van der Waals surface area contributed by atoms with E-state index in [4.69, 9.17) is 21.7 Å². The lowest BCUT2D eigenvalue weighted by Crippen LogP contribution is -2.52. The molecular weight excluding hydrogens is 300 g/mol. The van der Waals surface area contributed by atoms with Gasteiger partial charge in [0.15, 0.2) is 0 Å². The van der Waals surface area contributed by atoms with E-state index in [-0.39, 0.29) is 19.4 Å². The summed E-state index contributed by atoms with van der Waals surface area (Å²) >= 11 is 0. The van der Waals surface area contributed by atoms with Crippen molar-refractivity contribution in [2.75, 3.05) is 13.2 Å². The average Bonchev–Trinajstić information content (AvgIpc) is 2.54. The zero-order chi connectivity index (χ0) is 17.4. The Kier molecular flexibility index (Phi) is 9.48. The van der Waals surface area contributed by atoms with Gasteiger partial charge in [0, 0.05) is 6.54 Å². The van der Waals surface area contributed by atoms with Crippen molar-refractivity contribution in [2.45, 2.75) is 49.4 Å². The normalized spacial score (nSPS) is 19.8. The third-order valence-electron chi connectivity index (χ3n) is 3.19. The number of aliphatic hydroxyl groups is 6. The Morgan fingerprint density at radius 1 is 0.909 bits per heavy atom. The first-order chi connectivity index (χ1) is 10.2. The van der Waals surface area contributed by atoms with Gasteiger partial charge in [-0.1, -0.05) is 0 Å². The van der Waals surface area contributed by atoms with Gasteiger partial charge in [-0.3, -0.25) is 9.59 Å². The first kappa shape index (κ1) is 21.0. The van der Waals surface area contributed by atoms with Crippen LogP contribution in [0.2, 0.25) is 0 Å². The van der Waals surface area contributed by atoms with Gasteiger partial charge in [0.05, 0.1) is 18.8 Å². The number of Topliss-reactive ketones (excluding diaryl/α,β-unsaturated/α-hetero) is 2. The second-order valence-electron chi connectivity index (χ2n) is 4.98. The zero-order valence-corrected chi connectivity index (χ0v) is 11.9. The maximum Gasteiger partial charge on any atom is 0.231 e. The van der Waals surface area contributed by atoms with Crippen LogP contribution in [0.5, 0.6) is 0 Å². The molecule has 0 aromatic heterocycles. The molecule has 130 valence electrons. The van der Waals surface area contributed by atoms with Gasteiger partial charge in [-0.2, -0.15) is 0 Å². The lowest BCUT2D eigenvalue weighted by atomic mass is 9.94. The Balaban J connectivity index is 4.63. The van der Waals surface area contributed by atoms with Gasteiger partial charge < -0.3 is 42.1 Å². The van der Waals surface area contributed by atoms with E-state index in [2.05, 4.69) is 0 Å². The summed E-state index contributed by atoms with van der Waals surface area (Å²) in [5.41, 5.74) is 10.6. The van der Waals surface area contributed by atoms with E-state index >= 15 is 0 Å². The van der Waals surface area contributed by atoms with Crippen molar-refractivity contribution >= 4 is 11.6 Å². The van der Waals surface area contributed by atoms with E-state index in [1.54, 1.807) is 0 Å². The molecule has 0 aliphatic rings. The Morgan fingerprint density at radius 3 is 1.91 bits per heavy atom. The fourth-order valence-electron chi connectivity index (χ4n) is 1.63. The maximum atomic E-state index is 11.7. The molecule has 0 rings (SSSR count). The molecule has 0 aliphatic heterocycles. The number of hydrogen-bond donors (Lipinski definition) is 8. The fraction of sp³-hybridized carbons (Fsp3) is 0.833. The Hall–Kier alpha value is -0.980. The molecule has 0 aromatic carbocycles. The molecule has 10 heteroatoms. The largest absolute Gasteiger partial charge is 0.394 e. The third-order valence-corrected chi connectivity index (χ3v) is 3.19. The highest BCUT2D eigenvalue weighted by atomic mass is 16.4. The number of carbonyl (C=O) groups is 2. The lowest BCUT2D eigenvalue weighted by Gasteiger charge is -2.25. The summed E-state index contributed by atoms with van der Waals surface area (Å²) in [4.78, 5) is 23.4. The molecule has 0 saturated heterocycles. The zero-order valence-electron chi connectivity index (χ0n) is 11.9. The van der Waals surface area contributed by atoms with Crippen LogP contribution in [0.3, 0.4) is 0 Å². The minimum absolute atomic E-state index is 0.0402. The molecule has 0 bridgehead atoms.